The lowest BCUT2D eigenvalue weighted by Crippen LogP contribution is -2.41. The van der Waals surface area contributed by atoms with Crippen LogP contribution in [-0.2, 0) is 14.8 Å². The minimum Gasteiger partial charge on any atom is -0.340 e. The lowest BCUT2D eigenvalue weighted by Gasteiger charge is -2.14. The zero-order valence-electron chi connectivity index (χ0n) is 14.5. The average molecular weight is 433 g/mol. The second-order valence-electron chi connectivity index (χ2n) is 5.38. The molecule has 2 amide bonds. The SMILES string of the molecule is CC(NC(=O)c1cccs1)C(=O)Nc1cccc(S(=O)(=O)NCCN)c1.Cl. The van der Waals surface area contributed by atoms with Gasteiger partial charge in [0.2, 0.25) is 15.9 Å². The van der Waals surface area contributed by atoms with Gasteiger partial charge in [-0.25, -0.2) is 13.1 Å². The second-order valence-corrected chi connectivity index (χ2v) is 8.09. The Kier molecular flexibility index (Phi) is 8.86. The molecule has 1 atom stereocenters. The molecule has 0 aliphatic heterocycles. The van der Waals surface area contributed by atoms with Gasteiger partial charge in [-0.15, -0.1) is 23.7 Å². The molecule has 1 aromatic heterocycles. The molecule has 0 fully saturated rings. The van der Waals surface area contributed by atoms with Gasteiger partial charge in [-0.3, -0.25) is 9.59 Å². The minimum absolute atomic E-state index is 0. The van der Waals surface area contributed by atoms with Crippen LogP contribution in [0.5, 0.6) is 0 Å². The molecule has 2 aromatic rings. The van der Waals surface area contributed by atoms with Crippen LogP contribution in [0.25, 0.3) is 0 Å². The van der Waals surface area contributed by atoms with E-state index in [9.17, 15) is 18.0 Å². The summed E-state index contributed by atoms with van der Waals surface area (Å²) in [5.74, 6) is -0.802. The maximum Gasteiger partial charge on any atom is 0.261 e. The van der Waals surface area contributed by atoms with Gasteiger partial charge in [-0.1, -0.05) is 12.1 Å². The summed E-state index contributed by atoms with van der Waals surface area (Å²) in [6.07, 6.45) is 0. The van der Waals surface area contributed by atoms with E-state index in [-0.39, 0.29) is 36.3 Å². The van der Waals surface area contributed by atoms with E-state index < -0.39 is 22.0 Å². The zero-order chi connectivity index (χ0) is 19.2. The van der Waals surface area contributed by atoms with Crippen LogP contribution in [0, 0.1) is 0 Å². The highest BCUT2D eigenvalue weighted by atomic mass is 35.5. The van der Waals surface area contributed by atoms with Gasteiger partial charge in [-0.2, -0.15) is 0 Å². The fourth-order valence-electron chi connectivity index (χ4n) is 2.01. The summed E-state index contributed by atoms with van der Waals surface area (Å²) < 4.78 is 26.6. The van der Waals surface area contributed by atoms with E-state index in [4.69, 9.17) is 5.73 Å². The normalized spacial score (nSPS) is 11.9. The van der Waals surface area contributed by atoms with E-state index in [1.807, 2.05) is 0 Å². The molecule has 5 N–H and O–H groups in total. The van der Waals surface area contributed by atoms with Crippen molar-refractivity contribution in [2.45, 2.75) is 17.9 Å². The van der Waals surface area contributed by atoms with E-state index in [1.54, 1.807) is 30.5 Å². The minimum atomic E-state index is -3.70. The molecule has 1 unspecified atom stereocenters. The van der Waals surface area contributed by atoms with Gasteiger partial charge in [0.25, 0.3) is 5.91 Å². The van der Waals surface area contributed by atoms with Gasteiger partial charge in [0.15, 0.2) is 0 Å². The summed E-state index contributed by atoms with van der Waals surface area (Å²) in [6, 6.07) is 8.44. The zero-order valence-corrected chi connectivity index (χ0v) is 16.9. The second kappa shape index (κ2) is 10.4. The predicted molar refractivity (Wildman–Crippen MR) is 108 cm³/mol. The van der Waals surface area contributed by atoms with Crippen molar-refractivity contribution in [1.29, 1.82) is 0 Å². The Labute approximate surface area is 168 Å². The number of hydrogen-bond acceptors (Lipinski definition) is 6. The fraction of sp³-hybridized carbons (Fsp3) is 0.250. The Hall–Kier alpha value is -1.98. The molecule has 148 valence electrons. The van der Waals surface area contributed by atoms with Crippen LogP contribution >= 0.6 is 23.7 Å². The smallest absolute Gasteiger partial charge is 0.261 e. The number of benzene rings is 1. The summed E-state index contributed by atoms with van der Waals surface area (Å²) in [7, 11) is -3.70. The highest BCUT2D eigenvalue weighted by Crippen LogP contribution is 2.15. The topological polar surface area (TPSA) is 130 Å². The number of rotatable bonds is 8. The number of anilines is 1. The van der Waals surface area contributed by atoms with Gasteiger partial charge in [0, 0.05) is 18.8 Å². The van der Waals surface area contributed by atoms with Crippen molar-refractivity contribution in [2.75, 3.05) is 18.4 Å². The van der Waals surface area contributed by atoms with Crippen LogP contribution in [-0.4, -0.2) is 39.4 Å². The van der Waals surface area contributed by atoms with Crippen molar-refractivity contribution in [3.8, 4) is 0 Å². The number of sulfonamides is 1. The standard InChI is InChI=1S/C16H20N4O4S2.ClH/c1-11(19-16(22)14-6-3-9-25-14)15(21)20-12-4-2-5-13(10-12)26(23,24)18-8-7-17;/h2-6,9-11,18H,7-8,17H2,1H3,(H,19,22)(H,20,21);1H. The lowest BCUT2D eigenvalue weighted by atomic mass is 10.2. The summed E-state index contributed by atoms with van der Waals surface area (Å²) in [5, 5.41) is 6.95. The van der Waals surface area contributed by atoms with E-state index in [0.717, 1.165) is 0 Å². The number of nitrogens with two attached hydrogens (primary N) is 1. The molecular weight excluding hydrogens is 412 g/mol. The van der Waals surface area contributed by atoms with Gasteiger partial charge < -0.3 is 16.4 Å². The first-order valence-corrected chi connectivity index (χ1v) is 10.1. The van der Waals surface area contributed by atoms with Crippen molar-refractivity contribution < 1.29 is 18.0 Å². The molecule has 1 heterocycles. The summed E-state index contributed by atoms with van der Waals surface area (Å²) >= 11 is 1.27. The number of amides is 2. The molecule has 0 spiro atoms. The monoisotopic (exact) mass is 432 g/mol. The maximum atomic E-state index is 12.2. The number of halogens is 1. The largest absolute Gasteiger partial charge is 0.340 e. The third kappa shape index (κ3) is 6.60. The molecule has 0 radical (unpaired) electrons. The Morgan fingerprint density at radius 2 is 1.96 bits per heavy atom. The van der Waals surface area contributed by atoms with Crippen molar-refractivity contribution in [2.24, 2.45) is 5.73 Å². The van der Waals surface area contributed by atoms with Crippen LogP contribution in [0.1, 0.15) is 16.6 Å². The van der Waals surface area contributed by atoms with Crippen molar-refractivity contribution in [3.63, 3.8) is 0 Å². The summed E-state index contributed by atoms with van der Waals surface area (Å²) in [5.41, 5.74) is 5.61. The molecule has 0 saturated carbocycles. The number of thiophene rings is 1. The predicted octanol–water partition coefficient (Wildman–Crippen LogP) is 1.16. The molecule has 0 saturated heterocycles. The van der Waals surface area contributed by atoms with E-state index >= 15 is 0 Å². The van der Waals surface area contributed by atoms with Crippen LogP contribution in [0.3, 0.4) is 0 Å². The molecule has 0 aliphatic carbocycles. The van der Waals surface area contributed by atoms with Gasteiger partial charge in [-0.05, 0) is 36.6 Å². The molecule has 11 heteroatoms. The van der Waals surface area contributed by atoms with Gasteiger partial charge in [0.05, 0.1) is 9.77 Å². The quantitative estimate of drug-likeness (QED) is 0.497. The Morgan fingerprint density at radius 1 is 1.22 bits per heavy atom. The van der Waals surface area contributed by atoms with Crippen LogP contribution in [0.15, 0.2) is 46.7 Å². The third-order valence-corrected chi connectivity index (χ3v) is 5.66. The molecule has 8 nitrogen and oxygen atoms in total. The Balaban J connectivity index is 0.00000364. The third-order valence-electron chi connectivity index (χ3n) is 3.33. The van der Waals surface area contributed by atoms with E-state index in [0.29, 0.717) is 10.6 Å². The number of carbonyl (C=O) groups is 2. The first kappa shape index (κ1) is 23.1. The van der Waals surface area contributed by atoms with Crippen LogP contribution in [0.2, 0.25) is 0 Å². The van der Waals surface area contributed by atoms with Crippen molar-refractivity contribution in [1.82, 2.24) is 10.0 Å². The highest BCUT2D eigenvalue weighted by molar-refractivity contribution is 7.89. The number of hydrogen-bond donors (Lipinski definition) is 4. The average Bonchev–Trinajstić information content (AvgIpc) is 3.15. The molecule has 0 bridgehead atoms. The first-order valence-electron chi connectivity index (χ1n) is 7.78. The van der Waals surface area contributed by atoms with Gasteiger partial charge in [0.1, 0.15) is 6.04 Å². The Bertz CT molecular complexity index is 872. The maximum absolute atomic E-state index is 12.2. The molecule has 0 aliphatic rings. The molecule has 2 rings (SSSR count). The summed E-state index contributed by atoms with van der Waals surface area (Å²) in [6.45, 7) is 1.84. The number of nitrogens with one attached hydrogen (secondary N) is 3. The van der Waals surface area contributed by atoms with Crippen LogP contribution in [0.4, 0.5) is 5.69 Å². The molecule has 1 aromatic carbocycles. The van der Waals surface area contributed by atoms with Gasteiger partial charge >= 0.3 is 0 Å². The molecule has 27 heavy (non-hydrogen) atoms. The lowest BCUT2D eigenvalue weighted by molar-refractivity contribution is -0.117. The van der Waals surface area contributed by atoms with Crippen LogP contribution < -0.4 is 21.1 Å². The fourth-order valence-corrected chi connectivity index (χ4v) is 3.73. The number of carbonyl (C=O) groups excluding carboxylic acids is 2. The van der Waals surface area contributed by atoms with Crippen molar-refractivity contribution in [3.05, 3.63) is 46.7 Å². The first-order chi connectivity index (χ1) is 12.3. The molecular formula is C16H21ClN4O4S2. The highest BCUT2D eigenvalue weighted by Gasteiger charge is 2.18. The van der Waals surface area contributed by atoms with Crippen molar-refractivity contribution >= 4 is 51.3 Å². The Morgan fingerprint density at radius 3 is 2.59 bits per heavy atom. The summed E-state index contributed by atoms with van der Waals surface area (Å²) in [4.78, 5) is 24.7. The van der Waals surface area contributed by atoms with E-state index in [2.05, 4.69) is 15.4 Å². The van der Waals surface area contributed by atoms with E-state index in [1.165, 1.54) is 29.5 Å².